The van der Waals surface area contributed by atoms with Crippen LogP contribution in [0.2, 0.25) is 0 Å². The van der Waals surface area contributed by atoms with Gasteiger partial charge in [0.2, 0.25) is 0 Å². The second kappa shape index (κ2) is 7.27. The van der Waals surface area contributed by atoms with E-state index in [1.807, 2.05) is 0 Å². The van der Waals surface area contributed by atoms with Gasteiger partial charge in [-0.2, -0.15) is 0 Å². The van der Waals surface area contributed by atoms with Gasteiger partial charge in [-0.05, 0) is 104 Å². The van der Waals surface area contributed by atoms with Crippen molar-refractivity contribution in [3.8, 4) is 0 Å². The van der Waals surface area contributed by atoms with Gasteiger partial charge in [-0.3, -0.25) is 4.79 Å². The third kappa shape index (κ3) is 3.14. The Balaban J connectivity index is 1.55. The Bertz CT molecular complexity index is 605. The van der Waals surface area contributed by atoms with Crippen molar-refractivity contribution in [2.24, 2.45) is 46.3 Å². The quantitative estimate of drug-likeness (QED) is 0.659. The van der Waals surface area contributed by atoms with E-state index < -0.39 is 5.97 Å². The van der Waals surface area contributed by atoms with Gasteiger partial charge >= 0.3 is 5.97 Å². The molecule has 4 fully saturated rings. The molecule has 4 heteroatoms. The van der Waals surface area contributed by atoms with Crippen molar-refractivity contribution in [2.45, 2.75) is 97.2 Å². The van der Waals surface area contributed by atoms with Crippen LogP contribution in [-0.2, 0) is 4.79 Å². The highest BCUT2D eigenvalue weighted by Crippen LogP contribution is 2.68. The minimum Gasteiger partial charge on any atom is -0.481 e. The van der Waals surface area contributed by atoms with E-state index in [-0.39, 0.29) is 30.0 Å². The summed E-state index contributed by atoms with van der Waals surface area (Å²) in [6.45, 7) is 7.16. The van der Waals surface area contributed by atoms with Crippen molar-refractivity contribution in [3.63, 3.8) is 0 Å². The average molecular weight is 393 g/mol. The van der Waals surface area contributed by atoms with Crippen molar-refractivity contribution in [1.82, 2.24) is 0 Å². The van der Waals surface area contributed by atoms with Crippen LogP contribution < -0.4 is 0 Å². The number of hydrogen-bond donors (Lipinski definition) is 3. The molecule has 4 nitrogen and oxygen atoms in total. The zero-order valence-electron chi connectivity index (χ0n) is 17.9. The van der Waals surface area contributed by atoms with E-state index in [2.05, 4.69) is 20.8 Å². The van der Waals surface area contributed by atoms with Crippen LogP contribution in [0, 0.1) is 46.3 Å². The first-order valence-electron chi connectivity index (χ1n) is 11.7. The summed E-state index contributed by atoms with van der Waals surface area (Å²) in [5.74, 6) is 2.61. The molecule has 0 bridgehead atoms. The summed E-state index contributed by atoms with van der Waals surface area (Å²) in [5.41, 5.74) is 0.478. The number of hydrogen-bond acceptors (Lipinski definition) is 3. The molecular formula is C24H40O4. The van der Waals surface area contributed by atoms with Crippen LogP contribution >= 0.6 is 0 Å². The molecule has 0 heterocycles. The Morgan fingerprint density at radius 3 is 2.36 bits per heavy atom. The van der Waals surface area contributed by atoms with E-state index >= 15 is 0 Å². The van der Waals surface area contributed by atoms with Gasteiger partial charge in [0.15, 0.2) is 0 Å². The van der Waals surface area contributed by atoms with E-state index in [4.69, 9.17) is 5.11 Å². The van der Waals surface area contributed by atoms with E-state index in [0.29, 0.717) is 35.0 Å². The van der Waals surface area contributed by atoms with Crippen LogP contribution in [0.25, 0.3) is 0 Å². The van der Waals surface area contributed by atoms with Crippen LogP contribution in [0.15, 0.2) is 0 Å². The van der Waals surface area contributed by atoms with Crippen molar-refractivity contribution >= 4 is 5.97 Å². The minimum atomic E-state index is -0.677. The fourth-order valence-electron chi connectivity index (χ4n) is 8.81. The molecule has 0 aromatic heterocycles. The highest BCUT2D eigenvalue weighted by Gasteiger charge is 2.62. The molecule has 4 saturated carbocycles. The molecule has 10 atom stereocenters. The molecule has 0 amide bonds. The smallest absolute Gasteiger partial charge is 0.303 e. The number of aliphatic hydroxyl groups excluding tert-OH is 2. The van der Waals surface area contributed by atoms with Crippen molar-refractivity contribution in [1.29, 1.82) is 0 Å². The molecule has 0 spiro atoms. The maximum atomic E-state index is 11.1. The van der Waals surface area contributed by atoms with Gasteiger partial charge in [0, 0.05) is 6.42 Å². The Hall–Kier alpha value is -0.610. The van der Waals surface area contributed by atoms with Crippen LogP contribution in [0.4, 0.5) is 0 Å². The monoisotopic (exact) mass is 392 g/mol. The number of carboxylic acid groups (broad SMARTS) is 1. The number of fused-ring (bicyclic) bond motifs is 5. The topological polar surface area (TPSA) is 77.8 Å². The van der Waals surface area contributed by atoms with E-state index in [0.717, 1.165) is 32.1 Å². The van der Waals surface area contributed by atoms with Crippen LogP contribution in [-0.4, -0.2) is 33.5 Å². The average Bonchev–Trinajstić information content (AvgIpc) is 2.99. The number of aliphatic hydroxyl groups is 2. The maximum Gasteiger partial charge on any atom is 0.303 e. The standard InChI is InChI=1S/C24H40O4/c1-14(4-7-22(27)28)17-5-6-18-16-13-21(26)20-12-15(25)8-10-24(20,3)19(16)9-11-23(17,18)2/h14-21,25-26H,4-13H2,1-3H3,(H,27,28)/t14-,15-,16+,17-,18+,19+,20-,21-,23-,24-/m1/s1. The summed E-state index contributed by atoms with van der Waals surface area (Å²) in [6, 6.07) is 0. The first-order valence-corrected chi connectivity index (χ1v) is 11.7. The molecule has 0 aliphatic heterocycles. The molecule has 4 rings (SSSR count). The van der Waals surface area contributed by atoms with Gasteiger partial charge in [0.25, 0.3) is 0 Å². The summed E-state index contributed by atoms with van der Waals surface area (Å²) < 4.78 is 0. The first kappa shape index (κ1) is 20.7. The van der Waals surface area contributed by atoms with E-state index in [1.165, 1.54) is 25.7 Å². The van der Waals surface area contributed by atoms with Gasteiger partial charge in [-0.25, -0.2) is 0 Å². The number of carbonyl (C=O) groups is 1. The van der Waals surface area contributed by atoms with Crippen LogP contribution in [0.1, 0.15) is 85.0 Å². The molecule has 0 unspecified atom stereocenters. The SMILES string of the molecule is C[C@H](CCC(=O)O)[C@H]1CC[C@H]2[C@@H]3C[C@@H](O)[C@H]4C[C@H](O)CC[C@]4(C)[C@H]3CC[C@]12C. The highest BCUT2D eigenvalue weighted by molar-refractivity contribution is 5.66. The molecule has 0 saturated heterocycles. The lowest BCUT2D eigenvalue weighted by Gasteiger charge is -2.62. The Labute approximate surface area is 170 Å². The largest absolute Gasteiger partial charge is 0.481 e. The summed E-state index contributed by atoms with van der Waals surface area (Å²) >= 11 is 0. The third-order valence-corrected chi connectivity index (χ3v) is 10.2. The number of aliphatic carboxylic acids is 1. The predicted octanol–water partition coefficient (Wildman–Crippen LogP) is 4.48. The molecule has 160 valence electrons. The van der Waals surface area contributed by atoms with Crippen LogP contribution in [0.3, 0.4) is 0 Å². The van der Waals surface area contributed by atoms with Gasteiger partial charge in [0.1, 0.15) is 0 Å². The van der Waals surface area contributed by atoms with Gasteiger partial charge in [0.05, 0.1) is 12.2 Å². The zero-order chi connectivity index (χ0) is 20.3. The summed E-state index contributed by atoms with van der Waals surface area (Å²) in [4.78, 5) is 11.1. The molecule has 0 radical (unpaired) electrons. The Morgan fingerprint density at radius 1 is 0.964 bits per heavy atom. The molecular weight excluding hydrogens is 352 g/mol. The zero-order valence-corrected chi connectivity index (χ0v) is 17.9. The van der Waals surface area contributed by atoms with E-state index in [9.17, 15) is 15.0 Å². The Morgan fingerprint density at radius 2 is 1.64 bits per heavy atom. The van der Waals surface area contributed by atoms with Gasteiger partial charge in [-0.1, -0.05) is 20.8 Å². The second-order valence-corrected chi connectivity index (χ2v) is 11.4. The molecule has 3 N–H and O–H groups in total. The number of rotatable bonds is 4. The third-order valence-electron chi connectivity index (χ3n) is 10.2. The van der Waals surface area contributed by atoms with Gasteiger partial charge in [-0.15, -0.1) is 0 Å². The van der Waals surface area contributed by atoms with Gasteiger partial charge < -0.3 is 15.3 Å². The Kier molecular flexibility index (Phi) is 5.36. The molecule has 4 aliphatic carbocycles. The minimum absolute atomic E-state index is 0.176. The molecule has 28 heavy (non-hydrogen) atoms. The predicted molar refractivity (Wildman–Crippen MR) is 109 cm³/mol. The lowest BCUT2D eigenvalue weighted by Crippen LogP contribution is -2.58. The fraction of sp³-hybridized carbons (Fsp3) is 0.958. The lowest BCUT2D eigenvalue weighted by atomic mass is 9.44. The van der Waals surface area contributed by atoms with Crippen molar-refractivity contribution in [3.05, 3.63) is 0 Å². The van der Waals surface area contributed by atoms with Crippen molar-refractivity contribution < 1.29 is 20.1 Å². The van der Waals surface area contributed by atoms with Crippen molar-refractivity contribution in [2.75, 3.05) is 0 Å². The second-order valence-electron chi connectivity index (χ2n) is 11.4. The first-order chi connectivity index (χ1) is 13.2. The summed E-state index contributed by atoms with van der Waals surface area (Å²) in [5, 5.41) is 30.4. The summed E-state index contributed by atoms with van der Waals surface area (Å²) in [7, 11) is 0. The highest BCUT2D eigenvalue weighted by atomic mass is 16.4. The maximum absolute atomic E-state index is 11.1. The molecule has 0 aromatic carbocycles. The van der Waals surface area contributed by atoms with Crippen LogP contribution in [0.5, 0.6) is 0 Å². The summed E-state index contributed by atoms with van der Waals surface area (Å²) in [6.07, 6.45) is 9.16. The number of carboxylic acids is 1. The molecule has 4 aliphatic rings. The fourth-order valence-corrected chi connectivity index (χ4v) is 8.81. The van der Waals surface area contributed by atoms with E-state index in [1.54, 1.807) is 0 Å². The molecule has 0 aromatic rings. The normalized spacial score (nSPS) is 51.7. The lowest BCUT2D eigenvalue weighted by molar-refractivity contribution is -0.172.